The van der Waals surface area contributed by atoms with Gasteiger partial charge in [-0.25, -0.2) is 0 Å². The summed E-state index contributed by atoms with van der Waals surface area (Å²) >= 11 is 1.07. The number of rotatable bonds is 4. The molecule has 7 nitrogen and oxygen atoms in total. The highest BCUT2D eigenvalue weighted by Crippen LogP contribution is 2.22. The van der Waals surface area contributed by atoms with Gasteiger partial charge >= 0.3 is 5.97 Å². The zero-order chi connectivity index (χ0) is 14.5. The topological polar surface area (TPSA) is 104 Å². The fourth-order valence-corrected chi connectivity index (χ4v) is 2.40. The van der Waals surface area contributed by atoms with Crippen LogP contribution in [-0.2, 0) is 9.59 Å². The Bertz CT molecular complexity index is 586. The fourth-order valence-electron chi connectivity index (χ4n) is 1.49. The number of amides is 1. The molecule has 1 aliphatic heterocycles. The van der Waals surface area contributed by atoms with Crippen LogP contribution in [0.4, 0.5) is 0 Å². The molecule has 1 saturated heterocycles. The molecule has 8 heteroatoms. The van der Waals surface area contributed by atoms with Gasteiger partial charge in [-0.3, -0.25) is 14.6 Å². The van der Waals surface area contributed by atoms with Gasteiger partial charge in [-0.2, -0.15) is 5.10 Å². The Morgan fingerprint density at radius 3 is 3.00 bits per heavy atom. The molecule has 1 atom stereocenters. The van der Waals surface area contributed by atoms with E-state index in [1.807, 2.05) is 6.07 Å². The van der Waals surface area contributed by atoms with Crippen LogP contribution in [0.2, 0.25) is 0 Å². The summed E-state index contributed by atoms with van der Waals surface area (Å²) in [6, 6.07) is 5.43. The van der Waals surface area contributed by atoms with Crippen molar-refractivity contribution >= 4 is 34.5 Å². The van der Waals surface area contributed by atoms with Crippen LogP contribution >= 0.6 is 11.8 Å². The number of aromatic nitrogens is 1. The number of hydrogen-bond acceptors (Lipinski definition) is 6. The summed E-state index contributed by atoms with van der Waals surface area (Å²) in [5.74, 6) is -1.38. The SMILES string of the molecule is CC(=N/N=C1\NC(=O)[C@H](CC(=O)O)S1)c1ccccn1. The Hall–Kier alpha value is -2.22. The second-order valence-corrected chi connectivity index (χ2v) is 5.19. The number of nitrogens with zero attached hydrogens (tertiary/aromatic N) is 3. The molecule has 1 fully saturated rings. The Balaban J connectivity index is 2.06. The number of carboxylic acid groups (broad SMARTS) is 1. The number of carbonyl (C=O) groups is 2. The van der Waals surface area contributed by atoms with E-state index in [4.69, 9.17) is 5.11 Å². The van der Waals surface area contributed by atoms with Gasteiger partial charge < -0.3 is 10.4 Å². The number of hydrogen-bond donors (Lipinski definition) is 2. The van der Waals surface area contributed by atoms with Crippen LogP contribution < -0.4 is 5.32 Å². The van der Waals surface area contributed by atoms with Gasteiger partial charge in [-0.05, 0) is 19.1 Å². The first-order chi connectivity index (χ1) is 9.56. The van der Waals surface area contributed by atoms with Crippen LogP contribution in [-0.4, -0.2) is 38.1 Å². The quantitative estimate of drug-likeness (QED) is 0.633. The van der Waals surface area contributed by atoms with E-state index in [1.54, 1.807) is 25.3 Å². The van der Waals surface area contributed by atoms with E-state index < -0.39 is 11.2 Å². The number of pyridine rings is 1. The molecule has 2 heterocycles. The third-order valence-corrected chi connectivity index (χ3v) is 3.54. The molecular formula is C12H12N4O3S. The van der Waals surface area contributed by atoms with Gasteiger partial charge in [0.15, 0.2) is 5.17 Å². The first-order valence-electron chi connectivity index (χ1n) is 5.79. The van der Waals surface area contributed by atoms with Gasteiger partial charge in [0.2, 0.25) is 5.91 Å². The minimum absolute atomic E-state index is 0.238. The molecule has 0 aliphatic carbocycles. The van der Waals surface area contributed by atoms with Crippen LogP contribution in [0.15, 0.2) is 34.6 Å². The molecule has 0 spiro atoms. The molecule has 1 aromatic rings. The highest BCUT2D eigenvalue weighted by molar-refractivity contribution is 8.15. The summed E-state index contributed by atoms with van der Waals surface area (Å²) in [5, 5.41) is 18.7. The van der Waals surface area contributed by atoms with Crippen molar-refractivity contribution in [3.63, 3.8) is 0 Å². The predicted octanol–water partition coefficient (Wildman–Crippen LogP) is 0.868. The molecule has 1 aliphatic rings. The molecule has 1 amide bonds. The Kier molecular flexibility index (Phi) is 4.46. The largest absolute Gasteiger partial charge is 0.481 e. The Morgan fingerprint density at radius 1 is 1.55 bits per heavy atom. The van der Waals surface area contributed by atoms with E-state index >= 15 is 0 Å². The van der Waals surface area contributed by atoms with Gasteiger partial charge in [0.25, 0.3) is 0 Å². The van der Waals surface area contributed by atoms with E-state index in [0.29, 0.717) is 16.6 Å². The summed E-state index contributed by atoms with van der Waals surface area (Å²) in [5.41, 5.74) is 1.29. The lowest BCUT2D eigenvalue weighted by atomic mass is 10.3. The Labute approximate surface area is 119 Å². The maximum Gasteiger partial charge on any atom is 0.305 e. The van der Waals surface area contributed by atoms with E-state index in [1.165, 1.54) is 0 Å². The highest BCUT2D eigenvalue weighted by atomic mass is 32.2. The summed E-state index contributed by atoms with van der Waals surface area (Å²) in [4.78, 5) is 26.2. The normalized spacial score (nSPS) is 21.1. The second kappa shape index (κ2) is 6.29. The molecule has 0 bridgehead atoms. The van der Waals surface area contributed by atoms with Crippen LogP contribution in [0.5, 0.6) is 0 Å². The minimum atomic E-state index is -1.02. The van der Waals surface area contributed by atoms with Crippen molar-refractivity contribution in [3.05, 3.63) is 30.1 Å². The van der Waals surface area contributed by atoms with E-state index in [9.17, 15) is 9.59 Å². The summed E-state index contributed by atoms with van der Waals surface area (Å²) in [6.07, 6.45) is 1.41. The first-order valence-corrected chi connectivity index (χ1v) is 6.67. The molecular weight excluding hydrogens is 280 g/mol. The number of thioether (sulfide) groups is 1. The van der Waals surface area contributed by atoms with Gasteiger partial charge in [0.1, 0.15) is 5.25 Å². The maximum absolute atomic E-state index is 11.5. The summed E-state index contributed by atoms with van der Waals surface area (Å²) in [7, 11) is 0. The van der Waals surface area contributed by atoms with E-state index in [2.05, 4.69) is 20.5 Å². The van der Waals surface area contributed by atoms with Gasteiger partial charge in [-0.1, -0.05) is 17.8 Å². The van der Waals surface area contributed by atoms with Crippen LogP contribution in [0.25, 0.3) is 0 Å². The third kappa shape index (κ3) is 3.64. The average molecular weight is 292 g/mol. The van der Waals surface area contributed by atoms with Crippen molar-refractivity contribution in [2.45, 2.75) is 18.6 Å². The van der Waals surface area contributed by atoms with Gasteiger partial charge in [0, 0.05) is 6.20 Å². The number of carboxylic acids is 1. The van der Waals surface area contributed by atoms with Crippen molar-refractivity contribution < 1.29 is 14.7 Å². The second-order valence-electron chi connectivity index (χ2n) is 4.00. The maximum atomic E-state index is 11.5. The van der Waals surface area contributed by atoms with Gasteiger partial charge in [-0.15, -0.1) is 5.10 Å². The van der Waals surface area contributed by atoms with Crippen LogP contribution in [0.1, 0.15) is 19.0 Å². The number of nitrogens with one attached hydrogen (secondary N) is 1. The highest BCUT2D eigenvalue weighted by Gasteiger charge is 2.32. The molecule has 2 rings (SSSR count). The number of aliphatic carboxylic acids is 1. The molecule has 1 aromatic heterocycles. The lowest BCUT2D eigenvalue weighted by Crippen LogP contribution is -2.26. The zero-order valence-corrected chi connectivity index (χ0v) is 11.4. The lowest BCUT2D eigenvalue weighted by molar-refractivity contribution is -0.138. The lowest BCUT2D eigenvalue weighted by Gasteiger charge is -1.98. The summed E-state index contributed by atoms with van der Waals surface area (Å²) in [6.45, 7) is 1.75. The smallest absolute Gasteiger partial charge is 0.305 e. The van der Waals surface area contributed by atoms with Crippen molar-refractivity contribution in [1.82, 2.24) is 10.3 Å². The molecule has 0 radical (unpaired) electrons. The standard InChI is InChI=1S/C12H12N4O3S/c1-7(8-4-2-3-5-13-8)15-16-12-14-11(19)9(20-12)6-10(17)18/h2-5,9H,6H2,1H3,(H,17,18)(H,14,16,19)/t9-/m0/s1. The van der Waals surface area contributed by atoms with Crippen molar-refractivity contribution in [3.8, 4) is 0 Å². The van der Waals surface area contributed by atoms with Crippen molar-refractivity contribution in [2.75, 3.05) is 0 Å². The predicted molar refractivity (Wildman–Crippen MR) is 75.7 cm³/mol. The van der Waals surface area contributed by atoms with Crippen LogP contribution in [0.3, 0.4) is 0 Å². The molecule has 0 aromatic carbocycles. The fraction of sp³-hybridized carbons (Fsp3) is 0.250. The molecule has 2 N–H and O–H groups in total. The zero-order valence-electron chi connectivity index (χ0n) is 10.6. The van der Waals surface area contributed by atoms with Gasteiger partial charge in [0.05, 0.1) is 17.8 Å². The minimum Gasteiger partial charge on any atom is -0.481 e. The molecule has 20 heavy (non-hydrogen) atoms. The Morgan fingerprint density at radius 2 is 2.35 bits per heavy atom. The molecule has 0 unspecified atom stereocenters. The third-order valence-electron chi connectivity index (χ3n) is 2.46. The van der Waals surface area contributed by atoms with Crippen LogP contribution in [0, 0.1) is 0 Å². The van der Waals surface area contributed by atoms with Crippen molar-refractivity contribution in [1.29, 1.82) is 0 Å². The van der Waals surface area contributed by atoms with E-state index in [-0.39, 0.29) is 12.3 Å². The molecule has 0 saturated carbocycles. The van der Waals surface area contributed by atoms with E-state index in [0.717, 1.165) is 11.8 Å². The average Bonchev–Trinajstić information content (AvgIpc) is 2.77. The number of carbonyl (C=O) groups excluding carboxylic acids is 1. The first kappa shape index (κ1) is 14.2. The van der Waals surface area contributed by atoms with Crippen molar-refractivity contribution in [2.24, 2.45) is 10.2 Å². The monoisotopic (exact) mass is 292 g/mol. The molecule has 104 valence electrons. The number of amidine groups is 1. The summed E-state index contributed by atoms with van der Waals surface area (Å²) < 4.78 is 0.